The minimum atomic E-state index is -0.0840. The Bertz CT molecular complexity index is 849. The van der Waals surface area contributed by atoms with Gasteiger partial charge in [-0.15, -0.1) is 0 Å². The molecule has 6 heteroatoms. The first-order chi connectivity index (χ1) is 12.7. The molecule has 2 fully saturated rings. The van der Waals surface area contributed by atoms with Gasteiger partial charge < -0.3 is 14.8 Å². The van der Waals surface area contributed by atoms with Gasteiger partial charge in [0.1, 0.15) is 0 Å². The number of rotatable bonds is 5. The lowest BCUT2D eigenvalue weighted by Crippen LogP contribution is -2.35. The predicted molar refractivity (Wildman–Crippen MR) is 102 cm³/mol. The molecule has 1 saturated heterocycles. The highest BCUT2D eigenvalue weighted by atomic mass is 16.2. The number of nitrogens with zero attached hydrogens (tertiary/aromatic N) is 3. The smallest absolute Gasteiger partial charge is 0.294 e. The van der Waals surface area contributed by atoms with Gasteiger partial charge in [-0.1, -0.05) is 25.0 Å². The van der Waals surface area contributed by atoms with E-state index in [1.54, 1.807) is 4.57 Å². The third-order valence-electron chi connectivity index (χ3n) is 5.52. The number of para-hydroxylation sites is 2. The number of anilines is 1. The number of hydrogen-bond donors (Lipinski definition) is 1. The highest BCUT2D eigenvalue weighted by molar-refractivity contribution is 5.78. The van der Waals surface area contributed by atoms with Crippen molar-refractivity contribution in [1.29, 1.82) is 0 Å². The second-order valence-corrected chi connectivity index (χ2v) is 7.37. The Labute approximate surface area is 153 Å². The van der Waals surface area contributed by atoms with Crippen LogP contribution in [0.2, 0.25) is 0 Å². The van der Waals surface area contributed by atoms with Crippen molar-refractivity contribution >= 4 is 22.8 Å². The van der Waals surface area contributed by atoms with Crippen molar-refractivity contribution in [3.63, 3.8) is 0 Å². The molecule has 1 aliphatic heterocycles. The minimum Gasteiger partial charge on any atom is -0.353 e. The number of carbonyl (C=O) groups excluding carboxylic acids is 1. The molecule has 138 valence electrons. The van der Waals surface area contributed by atoms with Crippen molar-refractivity contribution in [1.82, 2.24) is 14.9 Å². The van der Waals surface area contributed by atoms with Crippen LogP contribution in [0.4, 0.5) is 5.82 Å². The van der Waals surface area contributed by atoms with Crippen LogP contribution in [0.25, 0.3) is 11.0 Å². The lowest BCUT2D eigenvalue weighted by atomic mass is 10.2. The minimum absolute atomic E-state index is 0.0346. The van der Waals surface area contributed by atoms with Crippen LogP contribution < -0.4 is 15.8 Å². The molecule has 0 radical (unpaired) electrons. The first-order valence-corrected chi connectivity index (χ1v) is 9.76. The van der Waals surface area contributed by atoms with E-state index in [4.69, 9.17) is 0 Å². The molecular weight excluding hydrogens is 328 g/mol. The Hall–Kier alpha value is -2.37. The van der Waals surface area contributed by atoms with Crippen LogP contribution in [0.15, 0.2) is 29.1 Å². The summed E-state index contributed by atoms with van der Waals surface area (Å²) in [4.78, 5) is 32.1. The normalized spacial score (nSPS) is 17.9. The molecular formula is C20H26N4O2. The SMILES string of the molecule is O=C(CCn1c(=O)c(N2CCCC2)nc2ccccc21)NC1CCCC1. The predicted octanol–water partition coefficient (Wildman–Crippen LogP) is 2.45. The van der Waals surface area contributed by atoms with Crippen LogP contribution in [0, 0.1) is 0 Å². The number of hydrogen-bond acceptors (Lipinski definition) is 4. The summed E-state index contributed by atoms with van der Waals surface area (Å²) in [5, 5.41) is 3.11. The van der Waals surface area contributed by atoms with Crippen LogP contribution in [0.1, 0.15) is 44.9 Å². The maximum Gasteiger partial charge on any atom is 0.294 e. The first kappa shape index (κ1) is 17.1. The van der Waals surface area contributed by atoms with E-state index >= 15 is 0 Å². The molecule has 1 aliphatic carbocycles. The highest BCUT2D eigenvalue weighted by Crippen LogP contribution is 2.19. The summed E-state index contributed by atoms with van der Waals surface area (Å²) in [6, 6.07) is 8.00. The fourth-order valence-electron chi connectivity index (χ4n) is 4.12. The fraction of sp³-hybridized carbons (Fsp3) is 0.550. The average Bonchev–Trinajstić information content (AvgIpc) is 3.34. The van der Waals surface area contributed by atoms with Crippen molar-refractivity contribution in [2.75, 3.05) is 18.0 Å². The number of amides is 1. The second-order valence-electron chi connectivity index (χ2n) is 7.37. The van der Waals surface area contributed by atoms with E-state index in [1.165, 1.54) is 12.8 Å². The summed E-state index contributed by atoms with van der Waals surface area (Å²) in [5.74, 6) is 0.560. The highest BCUT2D eigenvalue weighted by Gasteiger charge is 2.21. The number of benzene rings is 1. The van der Waals surface area contributed by atoms with Gasteiger partial charge in [-0.2, -0.15) is 0 Å². The lowest BCUT2D eigenvalue weighted by molar-refractivity contribution is -0.121. The van der Waals surface area contributed by atoms with Gasteiger partial charge in [0, 0.05) is 32.1 Å². The third kappa shape index (κ3) is 3.45. The van der Waals surface area contributed by atoms with Gasteiger partial charge in [-0.25, -0.2) is 4.98 Å². The maximum atomic E-state index is 13.1. The molecule has 0 spiro atoms. The molecule has 1 amide bonds. The molecule has 2 aliphatic rings. The summed E-state index contributed by atoms with van der Waals surface area (Å²) in [5.41, 5.74) is 1.53. The molecule has 2 heterocycles. The molecule has 6 nitrogen and oxygen atoms in total. The quantitative estimate of drug-likeness (QED) is 0.896. The Kier molecular flexibility index (Phi) is 4.91. The van der Waals surface area contributed by atoms with Crippen molar-refractivity contribution in [3.05, 3.63) is 34.6 Å². The van der Waals surface area contributed by atoms with E-state index in [-0.39, 0.29) is 11.5 Å². The molecule has 1 aromatic heterocycles. The van der Waals surface area contributed by atoms with Crippen LogP contribution in [0.3, 0.4) is 0 Å². The Morgan fingerprint density at radius 1 is 1.12 bits per heavy atom. The number of aryl methyl sites for hydroxylation is 1. The van der Waals surface area contributed by atoms with Crippen LogP contribution in [-0.4, -0.2) is 34.6 Å². The summed E-state index contributed by atoms with van der Waals surface area (Å²) in [6.07, 6.45) is 7.04. The standard InChI is InChI=1S/C20H26N4O2/c25-18(21-15-7-1-2-8-15)11-14-24-17-10-4-3-9-16(17)22-19(20(24)26)23-12-5-6-13-23/h3-4,9-10,15H,1-2,5-8,11-14H2,(H,21,25). The summed E-state index contributed by atoms with van der Waals surface area (Å²) in [7, 11) is 0. The number of nitrogens with one attached hydrogen (secondary N) is 1. The Morgan fingerprint density at radius 2 is 1.85 bits per heavy atom. The van der Waals surface area contributed by atoms with Gasteiger partial charge in [-0.3, -0.25) is 9.59 Å². The van der Waals surface area contributed by atoms with E-state index in [2.05, 4.69) is 15.2 Å². The van der Waals surface area contributed by atoms with Crippen molar-refractivity contribution in [2.24, 2.45) is 0 Å². The molecule has 0 atom stereocenters. The second kappa shape index (κ2) is 7.48. The zero-order valence-electron chi connectivity index (χ0n) is 15.1. The van der Waals surface area contributed by atoms with Gasteiger partial charge >= 0.3 is 0 Å². The van der Waals surface area contributed by atoms with Crippen LogP contribution >= 0.6 is 0 Å². The maximum absolute atomic E-state index is 13.1. The van der Waals surface area contributed by atoms with Gasteiger partial charge in [0.2, 0.25) is 5.91 Å². The third-order valence-corrected chi connectivity index (χ3v) is 5.52. The van der Waals surface area contributed by atoms with E-state index in [1.807, 2.05) is 24.3 Å². The lowest BCUT2D eigenvalue weighted by Gasteiger charge is -2.19. The van der Waals surface area contributed by atoms with Gasteiger partial charge in [0.05, 0.1) is 11.0 Å². The van der Waals surface area contributed by atoms with E-state index in [0.717, 1.165) is 49.8 Å². The molecule has 26 heavy (non-hydrogen) atoms. The van der Waals surface area contributed by atoms with E-state index in [0.29, 0.717) is 24.8 Å². The zero-order chi connectivity index (χ0) is 17.9. The average molecular weight is 354 g/mol. The molecule has 4 rings (SSSR count). The largest absolute Gasteiger partial charge is 0.353 e. The Balaban J connectivity index is 1.59. The van der Waals surface area contributed by atoms with Gasteiger partial charge in [-0.05, 0) is 37.8 Å². The molecule has 2 aromatic rings. The number of aromatic nitrogens is 2. The monoisotopic (exact) mass is 354 g/mol. The first-order valence-electron chi connectivity index (χ1n) is 9.76. The van der Waals surface area contributed by atoms with E-state index < -0.39 is 0 Å². The molecule has 1 aromatic carbocycles. The molecule has 0 bridgehead atoms. The number of fused-ring (bicyclic) bond motifs is 1. The molecule has 1 N–H and O–H groups in total. The molecule has 1 saturated carbocycles. The Morgan fingerprint density at radius 3 is 2.62 bits per heavy atom. The van der Waals surface area contributed by atoms with Crippen LogP contribution in [-0.2, 0) is 11.3 Å². The fourth-order valence-corrected chi connectivity index (χ4v) is 4.12. The van der Waals surface area contributed by atoms with Crippen molar-refractivity contribution < 1.29 is 4.79 Å². The number of carbonyl (C=O) groups is 1. The zero-order valence-corrected chi connectivity index (χ0v) is 15.1. The summed E-state index contributed by atoms with van der Waals surface area (Å²) >= 11 is 0. The van der Waals surface area contributed by atoms with Crippen molar-refractivity contribution in [3.8, 4) is 0 Å². The van der Waals surface area contributed by atoms with E-state index in [9.17, 15) is 9.59 Å². The van der Waals surface area contributed by atoms with Gasteiger partial charge in [0.15, 0.2) is 5.82 Å². The molecule has 0 unspecified atom stereocenters. The van der Waals surface area contributed by atoms with Gasteiger partial charge in [0.25, 0.3) is 5.56 Å². The summed E-state index contributed by atoms with van der Waals surface area (Å²) in [6.45, 7) is 2.15. The topological polar surface area (TPSA) is 67.2 Å². The van der Waals surface area contributed by atoms with Crippen molar-refractivity contribution in [2.45, 2.75) is 57.5 Å². The van der Waals surface area contributed by atoms with Crippen LogP contribution in [0.5, 0.6) is 0 Å². The summed E-state index contributed by atoms with van der Waals surface area (Å²) < 4.78 is 1.73.